The average molecular weight is 289 g/mol. The molecule has 2 aromatic rings. The highest BCUT2D eigenvalue weighted by Gasteiger charge is 2.27. The van der Waals surface area contributed by atoms with Crippen LogP contribution < -0.4 is 15.0 Å². The van der Waals surface area contributed by atoms with Crippen molar-refractivity contribution in [2.24, 2.45) is 5.18 Å². The molecular weight excluding hydrogens is 274 g/mol. The molecule has 104 valence electrons. The van der Waals surface area contributed by atoms with E-state index >= 15 is 0 Å². The Kier molecular flexibility index (Phi) is 3.31. The molecule has 0 spiro atoms. The molecule has 6 heteroatoms. The first-order valence-corrected chi connectivity index (χ1v) is 7.16. The number of hydrogen-bond acceptors (Lipinski definition) is 6. The summed E-state index contributed by atoms with van der Waals surface area (Å²) in [6, 6.07) is 7.73. The first-order valence-electron chi connectivity index (χ1n) is 6.34. The highest BCUT2D eigenvalue weighted by atomic mass is 32.1. The lowest BCUT2D eigenvalue weighted by molar-refractivity contribution is 0.417. The van der Waals surface area contributed by atoms with Crippen molar-refractivity contribution in [2.75, 3.05) is 30.9 Å². The molecule has 3 rings (SSSR count). The summed E-state index contributed by atoms with van der Waals surface area (Å²) >= 11 is 1.39. The van der Waals surface area contributed by atoms with E-state index in [9.17, 15) is 4.91 Å². The molecule has 1 aliphatic rings. The van der Waals surface area contributed by atoms with Gasteiger partial charge in [-0.05, 0) is 23.7 Å². The quantitative estimate of drug-likeness (QED) is 0.868. The number of hydrogen-bond donors (Lipinski definition) is 1. The second kappa shape index (κ2) is 5.13. The maximum Gasteiger partial charge on any atom is 0.186 e. The minimum Gasteiger partial charge on any atom is -0.495 e. The maximum absolute atomic E-state index is 11.0. The third-order valence-electron chi connectivity index (χ3n) is 3.48. The smallest absolute Gasteiger partial charge is 0.186 e. The van der Waals surface area contributed by atoms with E-state index in [1.807, 2.05) is 31.3 Å². The molecule has 0 atom stereocenters. The summed E-state index contributed by atoms with van der Waals surface area (Å²) in [6.45, 7) is 0.918. The van der Waals surface area contributed by atoms with Crippen LogP contribution >= 0.6 is 11.3 Å². The molecule has 1 aromatic carbocycles. The molecule has 0 amide bonds. The van der Waals surface area contributed by atoms with Crippen LogP contribution in [0, 0.1) is 4.91 Å². The summed E-state index contributed by atoms with van der Waals surface area (Å²) in [5.41, 5.74) is 3.02. The Morgan fingerprint density at radius 2 is 2.20 bits per heavy atom. The Balaban J connectivity index is 2.00. The summed E-state index contributed by atoms with van der Waals surface area (Å²) in [5.74, 6) is 0.779. The number of ether oxygens (including phenoxy) is 1. The van der Waals surface area contributed by atoms with Crippen LogP contribution in [0.3, 0.4) is 0 Å². The third kappa shape index (κ3) is 2.02. The molecule has 1 aliphatic heterocycles. The van der Waals surface area contributed by atoms with Crippen molar-refractivity contribution in [3.8, 4) is 5.75 Å². The molecule has 0 saturated carbocycles. The molecule has 0 bridgehead atoms. The van der Waals surface area contributed by atoms with Crippen molar-refractivity contribution in [3.63, 3.8) is 0 Å². The Morgan fingerprint density at radius 1 is 1.40 bits per heavy atom. The van der Waals surface area contributed by atoms with Crippen molar-refractivity contribution in [1.29, 1.82) is 0 Å². The van der Waals surface area contributed by atoms with Crippen molar-refractivity contribution >= 4 is 32.7 Å². The van der Waals surface area contributed by atoms with E-state index in [1.165, 1.54) is 11.3 Å². The monoisotopic (exact) mass is 289 g/mol. The van der Waals surface area contributed by atoms with Crippen LogP contribution in [0.15, 0.2) is 29.4 Å². The van der Waals surface area contributed by atoms with Crippen LogP contribution in [-0.2, 0) is 6.42 Å². The van der Waals surface area contributed by atoms with Gasteiger partial charge in [-0.2, -0.15) is 0 Å². The van der Waals surface area contributed by atoms with Crippen molar-refractivity contribution in [1.82, 2.24) is 0 Å². The number of anilines is 3. The first-order chi connectivity index (χ1) is 9.74. The Morgan fingerprint density at radius 3 is 2.95 bits per heavy atom. The maximum atomic E-state index is 11.0. The second-order valence-electron chi connectivity index (χ2n) is 4.65. The van der Waals surface area contributed by atoms with E-state index in [0.717, 1.165) is 40.7 Å². The number of fused-ring (bicyclic) bond motifs is 1. The van der Waals surface area contributed by atoms with Gasteiger partial charge in [0.05, 0.1) is 18.5 Å². The number of nitrogens with zero attached hydrogens (tertiary/aromatic N) is 2. The summed E-state index contributed by atoms with van der Waals surface area (Å²) in [4.78, 5) is 13.1. The predicted molar refractivity (Wildman–Crippen MR) is 83.0 cm³/mol. The molecular formula is C14H15N3O2S. The molecule has 0 saturated heterocycles. The molecule has 0 radical (unpaired) electrons. The van der Waals surface area contributed by atoms with Gasteiger partial charge < -0.3 is 15.0 Å². The van der Waals surface area contributed by atoms with Gasteiger partial charge in [-0.3, -0.25) is 0 Å². The summed E-state index contributed by atoms with van der Waals surface area (Å²) < 4.78 is 5.34. The number of nitrogens with one attached hydrogen (secondary N) is 1. The van der Waals surface area contributed by atoms with E-state index in [4.69, 9.17) is 4.74 Å². The van der Waals surface area contributed by atoms with Gasteiger partial charge >= 0.3 is 0 Å². The molecule has 1 aromatic heterocycles. The fraction of sp³-hybridized carbons (Fsp3) is 0.286. The van der Waals surface area contributed by atoms with Crippen LogP contribution in [0.4, 0.5) is 21.4 Å². The van der Waals surface area contributed by atoms with Gasteiger partial charge in [-0.25, -0.2) is 0 Å². The molecule has 1 N–H and O–H groups in total. The van der Waals surface area contributed by atoms with Gasteiger partial charge in [0.1, 0.15) is 10.8 Å². The van der Waals surface area contributed by atoms with Crippen molar-refractivity contribution in [2.45, 2.75) is 6.42 Å². The zero-order valence-electron chi connectivity index (χ0n) is 11.3. The standard InChI is InChI=1S/C14H15N3O2S/c1-17-8-7-9-12(17)14(16-18)20-13(9)15-10-5-3-4-6-11(10)19-2/h3-6,15H,7-8H2,1-2H3. The first kappa shape index (κ1) is 12.9. The zero-order chi connectivity index (χ0) is 14.1. The second-order valence-corrected chi connectivity index (χ2v) is 5.65. The molecule has 0 fully saturated rings. The highest BCUT2D eigenvalue weighted by molar-refractivity contribution is 7.20. The lowest BCUT2D eigenvalue weighted by Crippen LogP contribution is -2.12. The number of nitroso groups, excluding NO2 is 1. The van der Waals surface area contributed by atoms with Gasteiger partial charge in [0.2, 0.25) is 0 Å². The highest BCUT2D eigenvalue weighted by Crippen LogP contribution is 2.49. The minimum absolute atomic E-state index is 0.539. The van der Waals surface area contributed by atoms with Crippen molar-refractivity contribution < 1.29 is 4.74 Å². The molecule has 5 nitrogen and oxygen atoms in total. The van der Waals surface area contributed by atoms with E-state index in [1.54, 1.807) is 7.11 Å². The normalized spacial score (nSPS) is 13.2. The van der Waals surface area contributed by atoms with E-state index in [-0.39, 0.29) is 0 Å². The lowest BCUT2D eigenvalue weighted by Gasteiger charge is -2.10. The number of benzene rings is 1. The topological polar surface area (TPSA) is 53.9 Å². The van der Waals surface area contributed by atoms with Crippen LogP contribution in [0.25, 0.3) is 0 Å². The van der Waals surface area contributed by atoms with E-state index in [2.05, 4.69) is 15.4 Å². The Bertz CT molecular complexity index is 654. The predicted octanol–water partition coefficient (Wildman–Crippen LogP) is 3.89. The number of likely N-dealkylation sites (N-methyl/N-ethyl adjacent to an activating group) is 1. The van der Waals surface area contributed by atoms with Crippen molar-refractivity contribution in [3.05, 3.63) is 34.7 Å². The van der Waals surface area contributed by atoms with E-state index < -0.39 is 0 Å². The van der Waals surface area contributed by atoms with Crippen LogP contribution in [0.2, 0.25) is 0 Å². The molecule has 0 aliphatic carbocycles. The number of methoxy groups -OCH3 is 1. The summed E-state index contributed by atoms with van der Waals surface area (Å²) in [5, 5.41) is 8.03. The fourth-order valence-electron chi connectivity index (χ4n) is 2.49. The number of rotatable bonds is 4. The average Bonchev–Trinajstić information content (AvgIpc) is 3.01. The lowest BCUT2D eigenvalue weighted by atomic mass is 10.2. The molecule has 20 heavy (non-hydrogen) atoms. The van der Waals surface area contributed by atoms with Gasteiger partial charge in [-0.1, -0.05) is 23.5 Å². The number of para-hydroxylation sites is 2. The summed E-state index contributed by atoms with van der Waals surface area (Å²) in [7, 11) is 3.63. The van der Waals surface area contributed by atoms with Gasteiger partial charge in [0, 0.05) is 19.2 Å². The van der Waals surface area contributed by atoms with Crippen LogP contribution in [-0.4, -0.2) is 20.7 Å². The van der Waals surface area contributed by atoms with Gasteiger partial charge in [0.25, 0.3) is 0 Å². The van der Waals surface area contributed by atoms with Crippen LogP contribution in [0.1, 0.15) is 5.56 Å². The van der Waals surface area contributed by atoms with Gasteiger partial charge in [-0.15, -0.1) is 4.91 Å². The molecule has 2 heterocycles. The SMILES string of the molecule is COc1ccccc1Nc1sc(N=O)c2c1CCN2C. The number of thiophene rings is 1. The third-order valence-corrected chi connectivity index (χ3v) is 4.49. The van der Waals surface area contributed by atoms with Gasteiger partial charge in [0.15, 0.2) is 5.00 Å². The largest absolute Gasteiger partial charge is 0.495 e. The van der Waals surface area contributed by atoms with Crippen LogP contribution in [0.5, 0.6) is 5.75 Å². The fourth-order valence-corrected chi connectivity index (χ4v) is 3.58. The van der Waals surface area contributed by atoms with E-state index in [0.29, 0.717) is 5.00 Å². The Hall–Kier alpha value is -2.08. The minimum atomic E-state index is 0.539. The Labute approximate surface area is 121 Å². The molecule has 0 unspecified atom stereocenters. The zero-order valence-corrected chi connectivity index (χ0v) is 12.2. The summed E-state index contributed by atoms with van der Waals surface area (Å²) in [6.07, 6.45) is 0.926.